The van der Waals surface area contributed by atoms with E-state index < -0.39 is 0 Å². The zero-order valence-corrected chi connectivity index (χ0v) is 5.83. The van der Waals surface area contributed by atoms with Gasteiger partial charge in [-0.1, -0.05) is 0 Å². The summed E-state index contributed by atoms with van der Waals surface area (Å²) < 4.78 is 1.31. The second-order valence-electron chi connectivity index (χ2n) is 2.11. The number of hydrogen-bond donors (Lipinski definition) is 1. The maximum atomic E-state index is 11.0. The minimum absolute atomic E-state index is 0.192. The Labute approximate surface area is 57.8 Å². The van der Waals surface area contributed by atoms with Crippen LogP contribution in [-0.2, 0) is 7.05 Å². The quantitative estimate of drug-likeness (QED) is 0.542. The van der Waals surface area contributed by atoms with Gasteiger partial charge in [-0.2, -0.15) is 0 Å². The molecule has 0 radical (unpaired) electrons. The van der Waals surface area contributed by atoms with Gasteiger partial charge in [0.05, 0.1) is 5.56 Å². The second kappa shape index (κ2) is 2.13. The van der Waals surface area contributed by atoms with Crippen molar-refractivity contribution < 1.29 is 5.11 Å². The van der Waals surface area contributed by atoms with Gasteiger partial charge in [-0.25, -0.2) is 4.98 Å². The van der Waals surface area contributed by atoms with Crippen molar-refractivity contribution in [2.75, 3.05) is 0 Å². The Kier molecular flexibility index (Phi) is 1.45. The van der Waals surface area contributed by atoms with E-state index in [4.69, 9.17) is 5.11 Å². The first-order valence-electron chi connectivity index (χ1n) is 2.84. The molecule has 54 valence electrons. The summed E-state index contributed by atoms with van der Waals surface area (Å²) in [5.41, 5.74) is 0.0671. The standard InChI is InChI=1S/C6H8N2O2/c1-4-5(9)7-3-8(2)6(4)10/h3,9H,1-2H3. The molecule has 10 heavy (non-hydrogen) atoms. The van der Waals surface area contributed by atoms with Crippen LogP contribution in [0.4, 0.5) is 0 Å². The molecule has 1 rings (SSSR count). The minimum atomic E-state index is -0.215. The number of nitrogens with zero attached hydrogens (tertiary/aromatic N) is 2. The van der Waals surface area contributed by atoms with Crippen molar-refractivity contribution in [3.8, 4) is 5.88 Å². The van der Waals surface area contributed by atoms with Gasteiger partial charge in [0.1, 0.15) is 6.33 Å². The molecule has 0 bridgehead atoms. The summed E-state index contributed by atoms with van der Waals surface area (Å²) in [5.74, 6) is -0.192. The third kappa shape index (κ3) is 0.877. The third-order valence-corrected chi connectivity index (χ3v) is 1.33. The molecule has 0 saturated heterocycles. The van der Waals surface area contributed by atoms with Crippen LogP contribution in [0, 0.1) is 6.92 Å². The lowest BCUT2D eigenvalue weighted by Crippen LogP contribution is -2.18. The van der Waals surface area contributed by atoms with Gasteiger partial charge < -0.3 is 9.67 Å². The van der Waals surface area contributed by atoms with Crippen LogP contribution in [0.5, 0.6) is 5.88 Å². The normalized spacial score (nSPS) is 9.80. The topological polar surface area (TPSA) is 55.1 Å². The summed E-state index contributed by atoms with van der Waals surface area (Å²) in [6.07, 6.45) is 1.28. The molecule has 0 spiro atoms. The lowest BCUT2D eigenvalue weighted by atomic mass is 10.4. The molecule has 0 aromatic carbocycles. The summed E-state index contributed by atoms with van der Waals surface area (Å²) >= 11 is 0. The number of rotatable bonds is 0. The predicted molar refractivity (Wildman–Crippen MR) is 35.9 cm³/mol. The first kappa shape index (κ1) is 6.80. The van der Waals surface area contributed by atoms with Gasteiger partial charge in [0.15, 0.2) is 0 Å². The molecule has 0 fully saturated rings. The molecule has 0 atom stereocenters. The van der Waals surface area contributed by atoms with E-state index in [0.717, 1.165) is 0 Å². The Morgan fingerprint density at radius 1 is 1.70 bits per heavy atom. The number of aromatic nitrogens is 2. The van der Waals surface area contributed by atoms with Crippen molar-refractivity contribution in [1.29, 1.82) is 0 Å². The van der Waals surface area contributed by atoms with E-state index in [9.17, 15) is 4.79 Å². The van der Waals surface area contributed by atoms with Crippen molar-refractivity contribution in [3.63, 3.8) is 0 Å². The summed E-state index contributed by atoms with van der Waals surface area (Å²) in [5, 5.41) is 8.90. The van der Waals surface area contributed by atoms with Gasteiger partial charge in [0.25, 0.3) is 5.56 Å². The van der Waals surface area contributed by atoms with Crippen molar-refractivity contribution >= 4 is 0 Å². The second-order valence-corrected chi connectivity index (χ2v) is 2.11. The predicted octanol–water partition coefficient (Wildman–Crippen LogP) is -0.206. The zero-order valence-electron chi connectivity index (χ0n) is 5.83. The number of aromatic hydroxyl groups is 1. The van der Waals surface area contributed by atoms with Gasteiger partial charge in [0.2, 0.25) is 5.88 Å². The molecule has 0 unspecified atom stereocenters. The van der Waals surface area contributed by atoms with Crippen molar-refractivity contribution in [1.82, 2.24) is 9.55 Å². The molecule has 4 nitrogen and oxygen atoms in total. The van der Waals surface area contributed by atoms with E-state index in [1.807, 2.05) is 0 Å². The Balaban J connectivity index is 3.50. The van der Waals surface area contributed by atoms with Crippen LogP contribution >= 0.6 is 0 Å². The maximum Gasteiger partial charge on any atom is 0.259 e. The van der Waals surface area contributed by atoms with E-state index in [1.54, 1.807) is 7.05 Å². The van der Waals surface area contributed by atoms with E-state index >= 15 is 0 Å². The van der Waals surface area contributed by atoms with E-state index in [1.165, 1.54) is 17.8 Å². The summed E-state index contributed by atoms with van der Waals surface area (Å²) in [4.78, 5) is 14.5. The third-order valence-electron chi connectivity index (χ3n) is 1.33. The van der Waals surface area contributed by atoms with Crippen LogP contribution in [0.3, 0.4) is 0 Å². The highest BCUT2D eigenvalue weighted by atomic mass is 16.3. The molecule has 1 aromatic rings. The molecule has 0 aliphatic heterocycles. The summed E-state index contributed by atoms with van der Waals surface area (Å²) in [6.45, 7) is 1.53. The monoisotopic (exact) mass is 140 g/mol. The number of aryl methyl sites for hydroxylation is 1. The Bertz CT molecular complexity index is 303. The Hall–Kier alpha value is -1.32. The van der Waals surface area contributed by atoms with Crippen molar-refractivity contribution in [3.05, 3.63) is 22.2 Å². The lowest BCUT2D eigenvalue weighted by molar-refractivity contribution is 0.442. The van der Waals surface area contributed by atoms with Crippen LogP contribution in [0.15, 0.2) is 11.1 Å². The summed E-state index contributed by atoms with van der Waals surface area (Å²) in [7, 11) is 1.59. The highest BCUT2D eigenvalue weighted by Gasteiger charge is 2.01. The van der Waals surface area contributed by atoms with E-state index in [-0.39, 0.29) is 17.0 Å². The molecule has 1 N–H and O–H groups in total. The molecule has 0 aliphatic rings. The smallest absolute Gasteiger partial charge is 0.259 e. The fraction of sp³-hybridized carbons (Fsp3) is 0.333. The molecular weight excluding hydrogens is 132 g/mol. The average Bonchev–Trinajstić information content (AvgIpc) is 1.93. The van der Waals surface area contributed by atoms with Gasteiger partial charge in [-0.05, 0) is 6.92 Å². The Morgan fingerprint density at radius 2 is 2.30 bits per heavy atom. The van der Waals surface area contributed by atoms with Gasteiger partial charge in [-0.3, -0.25) is 4.79 Å². The molecule has 1 heterocycles. The average molecular weight is 140 g/mol. The summed E-state index contributed by atoms with van der Waals surface area (Å²) in [6, 6.07) is 0. The molecule has 0 amide bonds. The van der Waals surface area contributed by atoms with Crippen molar-refractivity contribution in [2.45, 2.75) is 6.92 Å². The number of hydrogen-bond acceptors (Lipinski definition) is 3. The SMILES string of the molecule is Cc1c(O)ncn(C)c1=O. The molecule has 1 aromatic heterocycles. The van der Waals surface area contributed by atoms with Crippen LogP contribution in [-0.4, -0.2) is 14.7 Å². The zero-order chi connectivity index (χ0) is 7.72. The van der Waals surface area contributed by atoms with Crippen molar-refractivity contribution in [2.24, 2.45) is 7.05 Å². The lowest BCUT2D eigenvalue weighted by Gasteiger charge is -1.98. The first-order chi connectivity index (χ1) is 4.63. The molecule has 0 saturated carbocycles. The molecular formula is C6H8N2O2. The van der Waals surface area contributed by atoms with Crippen LogP contribution in [0.2, 0.25) is 0 Å². The van der Waals surface area contributed by atoms with E-state index in [0.29, 0.717) is 0 Å². The van der Waals surface area contributed by atoms with E-state index in [2.05, 4.69) is 4.98 Å². The minimum Gasteiger partial charge on any atom is -0.493 e. The highest BCUT2D eigenvalue weighted by molar-refractivity contribution is 5.18. The van der Waals surface area contributed by atoms with Gasteiger partial charge >= 0.3 is 0 Å². The highest BCUT2D eigenvalue weighted by Crippen LogP contribution is 2.02. The van der Waals surface area contributed by atoms with Gasteiger partial charge in [0, 0.05) is 7.05 Å². The fourth-order valence-electron chi connectivity index (χ4n) is 0.651. The van der Waals surface area contributed by atoms with Crippen LogP contribution < -0.4 is 5.56 Å². The molecule has 4 heteroatoms. The largest absolute Gasteiger partial charge is 0.493 e. The van der Waals surface area contributed by atoms with Gasteiger partial charge in [-0.15, -0.1) is 0 Å². The Morgan fingerprint density at radius 3 is 2.80 bits per heavy atom. The first-order valence-corrected chi connectivity index (χ1v) is 2.84. The van der Waals surface area contributed by atoms with Crippen LogP contribution in [0.1, 0.15) is 5.56 Å². The molecule has 0 aliphatic carbocycles. The maximum absolute atomic E-state index is 11.0. The fourth-order valence-corrected chi connectivity index (χ4v) is 0.651. The van der Waals surface area contributed by atoms with Crippen LogP contribution in [0.25, 0.3) is 0 Å².